The van der Waals surface area contributed by atoms with Crippen LogP contribution in [0.4, 0.5) is 0 Å². The van der Waals surface area contributed by atoms with E-state index in [2.05, 4.69) is 135 Å². The average molecular weight is 542 g/mol. The molecule has 0 aliphatic heterocycles. The molecule has 5 aromatic rings. The fourth-order valence-corrected chi connectivity index (χ4v) is 7.63. The number of aromatic nitrogens is 1. The molecular weight excluding hydrogens is 500 g/mol. The molecule has 0 bridgehead atoms. The highest BCUT2D eigenvalue weighted by Gasteiger charge is 2.61. The Kier molecular flexibility index (Phi) is 5.69. The molecule has 0 saturated heterocycles. The number of hydrogen-bond acceptors (Lipinski definition) is 2. The smallest absolute Gasteiger partial charge is 0.216 e. The third kappa shape index (κ3) is 3.34. The van der Waals surface area contributed by atoms with Crippen LogP contribution in [0.1, 0.15) is 77.6 Å². The highest BCUT2D eigenvalue weighted by atomic mass is 16.3. The summed E-state index contributed by atoms with van der Waals surface area (Å²) in [6.45, 7) is 21.3. The van der Waals surface area contributed by atoms with Gasteiger partial charge in [-0.2, -0.15) is 5.26 Å². The topological polar surface area (TPSA) is 40.8 Å². The second-order valence-electron chi connectivity index (χ2n) is 14.1. The van der Waals surface area contributed by atoms with Crippen LogP contribution in [-0.2, 0) is 17.9 Å². The van der Waals surface area contributed by atoms with Gasteiger partial charge in [0.1, 0.15) is 18.2 Å². The normalized spacial score (nSPS) is 18.3. The van der Waals surface area contributed by atoms with Crippen molar-refractivity contribution in [1.82, 2.24) is 0 Å². The minimum Gasteiger partial charge on any atom is -0.454 e. The van der Waals surface area contributed by atoms with Gasteiger partial charge in [-0.1, -0.05) is 85.7 Å². The van der Waals surface area contributed by atoms with E-state index < -0.39 is 0 Å². The molecule has 6 rings (SSSR count). The van der Waals surface area contributed by atoms with Crippen molar-refractivity contribution in [3.63, 3.8) is 0 Å². The number of pyridine rings is 1. The van der Waals surface area contributed by atoms with Gasteiger partial charge in [0.05, 0.1) is 17.2 Å². The van der Waals surface area contributed by atoms with Crippen molar-refractivity contribution in [3.05, 3.63) is 89.1 Å². The van der Waals surface area contributed by atoms with Crippen molar-refractivity contribution in [2.24, 2.45) is 17.9 Å². The summed E-state index contributed by atoms with van der Waals surface area (Å²) < 4.78 is 9.08. The number of fused-ring (bicyclic) bond motifs is 4. The minimum absolute atomic E-state index is 0.0240. The van der Waals surface area contributed by atoms with Gasteiger partial charge in [0, 0.05) is 28.5 Å². The van der Waals surface area contributed by atoms with Gasteiger partial charge in [-0.05, 0) is 69.0 Å². The fraction of sp³-hybridized carbons (Fsp3) is 0.368. The molecule has 0 N–H and O–H groups in total. The zero-order valence-corrected chi connectivity index (χ0v) is 26.2. The highest BCUT2D eigenvalue weighted by molar-refractivity contribution is 6.14. The van der Waals surface area contributed by atoms with Crippen LogP contribution in [0.3, 0.4) is 0 Å². The largest absolute Gasteiger partial charge is 0.454 e. The third-order valence-electron chi connectivity index (χ3n) is 11.8. The van der Waals surface area contributed by atoms with Crippen molar-refractivity contribution in [2.75, 3.05) is 0 Å². The molecule has 3 aromatic carbocycles. The predicted molar refractivity (Wildman–Crippen MR) is 169 cm³/mol. The lowest BCUT2D eigenvalue weighted by molar-refractivity contribution is -0.660. The molecule has 0 radical (unpaired) electrons. The monoisotopic (exact) mass is 541 g/mol. The van der Waals surface area contributed by atoms with Crippen molar-refractivity contribution >= 4 is 21.9 Å². The van der Waals surface area contributed by atoms with E-state index in [0.29, 0.717) is 5.56 Å². The van der Waals surface area contributed by atoms with Gasteiger partial charge in [0.15, 0.2) is 6.20 Å². The molecule has 2 heterocycles. The Morgan fingerprint density at radius 1 is 0.707 bits per heavy atom. The lowest BCUT2D eigenvalue weighted by Crippen LogP contribution is -2.60. The highest BCUT2D eigenvalue weighted by Crippen LogP contribution is 2.66. The number of benzene rings is 3. The second kappa shape index (κ2) is 8.56. The Balaban J connectivity index is 1.77. The number of aryl methyl sites for hydroxylation is 2. The van der Waals surface area contributed by atoms with Crippen molar-refractivity contribution in [1.29, 1.82) is 5.26 Å². The van der Waals surface area contributed by atoms with Crippen LogP contribution in [0.15, 0.2) is 71.3 Å². The van der Waals surface area contributed by atoms with E-state index >= 15 is 0 Å². The van der Waals surface area contributed by atoms with Gasteiger partial charge in [0.25, 0.3) is 0 Å². The molecule has 3 nitrogen and oxygen atoms in total. The maximum atomic E-state index is 10.5. The van der Waals surface area contributed by atoms with E-state index in [0.717, 1.165) is 49.9 Å². The van der Waals surface area contributed by atoms with E-state index in [4.69, 9.17) is 4.42 Å². The number of nitrogens with zero attached hydrogens (tertiary/aromatic N) is 2. The molecule has 0 saturated carbocycles. The summed E-state index contributed by atoms with van der Waals surface area (Å²) in [5.74, 6) is 0. The van der Waals surface area contributed by atoms with Crippen molar-refractivity contribution < 1.29 is 8.98 Å². The first-order valence-electron chi connectivity index (χ1n) is 14.7. The lowest BCUT2D eigenvalue weighted by Gasteiger charge is -2.64. The number of nitriles is 1. The summed E-state index contributed by atoms with van der Waals surface area (Å²) in [4.78, 5) is 0. The van der Waals surface area contributed by atoms with Crippen LogP contribution < -0.4 is 4.57 Å². The van der Waals surface area contributed by atoms with Crippen LogP contribution >= 0.6 is 0 Å². The first-order chi connectivity index (χ1) is 19.2. The van der Waals surface area contributed by atoms with Crippen LogP contribution in [0.2, 0.25) is 0 Å². The Bertz CT molecular complexity index is 1920. The number of furan rings is 1. The molecule has 1 aliphatic rings. The lowest BCUT2D eigenvalue weighted by atomic mass is 9.39. The molecule has 0 fully saturated rings. The van der Waals surface area contributed by atoms with E-state index in [1.807, 2.05) is 12.1 Å². The molecule has 41 heavy (non-hydrogen) atoms. The Morgan fingerprint density at radius 2 is 1.34 bits per heavy atom. The molecule has 2 aromatic heterocycles. The number of hydrogen-bond donors (Lipinski definition) is 0. The van der Waals surface area contributed by atoms with Gasteiger partial charge < -0.3 is 4.42 Å². The standard InChI is InChI=1S/C38H41N2O/c1-23-17-19-25-26-20-18-24(22-39)31(34(26)41-33(25)30(23)29-16-11-12-21-40(29)10)27-14-13-15-28-32(27)36(4,5)38(8,9)37(6,7)35(28,2)3/h11-21H,1-10H3/q+1. The first kappa shape index (κ1) is 27.3. The van der Waals surface area contributed by atoms with E-state index in [1.165, 1.54) is 11.1 Å². The zero-order valence-electron chi connectivity index (χ0n) is 26.2. The Hall–Kier alpha value is -3.90. The molecule has 208 valence electrons. The van der Waals surface area contributed by atoms with Gasteiger partial charge >= 0.3 is 0 Å². The quantitative estimate of drug-likeness (QED) is 0.209. The third-order valence-corrected chi connectivity index (χ3v) is 11.8. The van der Waals surface area contributed by atoms with Gasteiger partial charge in [0.2, 0.25) is 5.69 Å². The predicted octanol–water partition coefficient (Wildman–Crippen LogP) is 9.55. The van der Waals surface area contributed by atoms with Gasteiger partial charge in [-0.25, -0.2) is 4.57 Å². The Labute approximate surface area is 244 Å². The molecule has 1 aliphatic carbocycles. The van der Waals surface area contributed by atoms with Gasteiger partial charge in [-0.15, -0.1) is 0 Å². The summed E-state index contributed by atoms with van der Waals surface area (Å²) in [7, 11) is 2.07. The summed E-state index contributed by atoms with van der Waals surface area (Å²) in [5, 5.41) is 12.6. The average Bonchev–Trinajstić information content (AvgIpc) is 3.30. The number of rotatable bonds is 2. The minimum atomic E-state index is -0.168. The molecule has 0 atom stereocenters. The second-order valence-corrected chi connectivity index (χ2v) is 14.1. The van der Waals surface area contributed by atoms with Gasteiger partial charge in [-0.3, -0.25) is 0 Å². The SMILES string of the molecule is Cc1ccc2c(oc3c(-c4cccc5c4C(C)(C)C(C)(C)C(C)(C)C5(C)C)c(C#N)ccc32)c1-c1cccc[n+]1C. The summed E-state index contributed by atoms with van der Waals surface area (Å²) >= 11 is 0. The molecule has 3 heteroatoms. The first-order valence-corrected chi connectivity index (χ1v) is 14.7. The maximum absolute atomic E-state index is 10.5. The van der Waals surface area contributed by atoms with E-state index in [-0.39, 0.29) is 21.7 Å². The van der Waals surface area contributed by atoms with Crippen LogP contribution in [-0.4, -0.2) is 0 Å². The van der Waals surface area contributed by atoms with E-state index in [9.17, 15) is 5.26 Å². The molecular formula is C38H41N2O+. The Morgan fingerprint density at radius 3 is 2.00 bits per heavy atom. The van der Waals surface area contributed by atoms with Crippen LogP contribution in [0.25, 0.3) is 44.3 Å². The molecule has 0 spiro atoms. The summed E-state index contributed by atoms with van der Waals surface area (Å²) in [6.07, 6.45) is 2.07. The van der Waals surface area contributed by atoms with Crippen LogP contribution in [0, 0.1) is 29.1 Å². The summed E-state index contributed by atoms with van der Waals surface area (Å²) in [5.41, 5.74) is 10.1. The fourth-order valence-electron chi connectivity index (χ4n) is 7.63. The van der Waals surface area contributed by atoms with Crippen LogP contribution in [0.5, 0.6) is 0 Å². The molecule has 0 unspecified atom stereocenters. The van der Waals surface area contributed by atoms with E-state index in [1.54, 1.807) is 0 Å². The van der Waals surface area contributed by atoms with Crippen molar-refractivity contribution in [3.8, 4) is 28.5 Å². The van der Waals surface area contributed by atoms with Crippen molar-refractivity contribution in [2.45, 2.75) is 73.1 Å². The zero-order chi connectivity index (χ0) is 29.7. The maximum Gasteiger partial charge on any atom is 0.216 e. The summed E-state index contributed by atoms with van der Waals surface area (Å²) in [6, 6.07) is 23.8. The molecule has 0 amide bonds.